The summed E-state index contributed by atoms with van der Waals surface area (Å²) in [5.41, 5.74) is 10.6. The van der Waals surface area contributed by atoms with Gasteiger partial charge < -0.3 is 25.7 Å². The number of nitrogen functional groups attached to an aromatic ring is 1. The number of anilines is 1. The first-order valence-electron chi connectivity index (χ1n) is 15.3. The van der Waals surface area contributed by atoms with E-state index < -0.39 is 24.3 Å². The highest BCUT2D eigenvalue weighted by Gasteiger charge is 2.46. The van der Waals surface area contributed by atoms with Gasteiger partial charge in [0, 0.05) is 18.5 Å². The van der Waals surface area contributed by atoms with Crippen LogP contribution < -0.4 is 5.73 Å². The molecule has 1 saturated heterocycles. The fraction of sp³-hybridized carbons (Fsp3) is 0.278. The van der Waals surface area contributed by atoms with Crippen molar-refractivity contribution < 1.29 is 15.0 Å². The Bertz CT molecular complexity index is 1630. The Morgan fingerprint density at radius 2 is 1.14 bits per heavy atom. The van der Waals surface area contributed by atoms with Gasteiger partial charge in [0.05, 0.1) is 17.6 Å². The molecule has 6 rings (SSSR count). The molecule has 0 radical (unpaired) electrons. The van der Waals surface area contributed by atoms with Crippen molar-refractivity contribution >= 4 is 22.8 Å². The lowest BCUT2D eigenvalue weighted by molar-refractivity contribution is -0.0408. The van der Waals surface area contributed by atoms with Crippen molar-refractivity contribution in [2.24, 2.45) is 0 Å². The predicted molar refractivity (Wildman–Crippen MR) is 175 cm³/mol. The van der Waals surface area contributed by atoms with Crippen LogP contribution in [0.15, 0.2) is 109 Å². The lowest BCUT2D eigenvalue weighted by Gasteiger charge is -2.36. The summed E-state index contributed by atoms with van der Waals surface area (Å²) < 4.78 is 0. The van der Waals surface area contributed by atoms with Crippen LogP contribution in [0.5, 0.6) is 0 Å². The number of carbonyl (C=O) groups excluding carboxylic acids is 1. The van der Waals surface area contributed by atoms with Gasteiger partial charge in [-0.2, -0.15) is 5.10 Å². The number of aliphatic hydroxyl groups is 2. The second-order valence-electron chi connectivity index (χ2n) is 11.0. The lowest BCUT2D eigenvalue weighted by atomic mass is 9.91. The maximum atomic E-state index is 14.7. The summed E-state index contributed by atoms with van der Waals surface area (Å²) in [7, 11) is 0. The minimum absolute atomic E-state index is 0.226. The molecule has 1 fully saturated rings. The Hall–Kier alpha value is -4.66. The highest BCUT2D eigenvalue weighted by molar-refractivity contribution is 5.89. The number of H-pyrrole nitrogens is 1. The fourth-order valence-electron chi connectivity index (χ4n) is 5.97. The van der Waals surface area contributed by atoms with Gasteiger partial charge in [0.15, 0.2) is 5.82 Å². The number of benzene rings is 4. The predicted octanol–water partition coefficient (Wildman–Crippen LogP) is 5.55. The number of hydrogen-bond donors (Lipinski definition) is 4. The standard InChI is InChI=1S/C34H35N5O3.C2H6/c35-33-27-18-26(16-17-28(27)36-37-33)22-39-30(20-24-12-6-2-7-13-24)32(41)31(40)29(19-23-10-4-1-5-11-23)38(34(39)42)21-25-14-8-3-9-15-25;1-2/h1-18,29-32,40-41H,19-22H2,(H3,35,36,37);1-2H3/t29-,30-,31+,32+;/m1./s1. The topological polar surface area (TPSA) is 119 Å². The first kappa shape index (κ1) is 30.8. The van der Waals surface area contributed by atoms with Crippen LogP contribution in [0.25, 0.3) is 10.9 Å². The number of aromatic amines is 1. The minimum Gasteiger partial charge on any atom is -0.388 e. The molecule has 1 aliphatic rings. The molecule has 5 N–H and O–H groups in total. The zero-order valence-corrected chi connectivity index (χ0v) is 25.3. The van der Waals surface area contributed by atoms with Crippen molar-refractivity contribution in [3.63, 3.8) is 0 Å². The number of nitrogens with two attached hydrogens (primary N) is 1. The summed E-state index contributed by atoms with van der Waals surface area (Å²) in [6.45, 7) is 4.52. The third-order valence-corrected chi connectivity index (χ3v) is 8.21. The quantitative estimate of drug-likeness (QED) is 0.189. The molecule has 228 valence electrons. The van der Waals surface area contributed by atoms with Crippen LogP contribution in [0.4, 0.5) is 10.6 Å². The molecule has 8 heteroatoms. The second kappa shape index (κ2) is 14.2. The third-order valence-electron chi connectivity index (χ3n) is 8.21. The summed E-state index contributed by atoms with van der Waals surface area (Å²) in [5.74, 6) is 0.388. The van der Waals surface area contributed by atoms with E-state index in [1.54, 1.807) is 9.80 Å². The van der Waals surface area contributed by atoms with Gasteiger partial charge in [-0.05, 0) is 47.2 Å². The van der Waals surface area contributed by atoms with Gasteiger partial charge in [-0.1, -0.05) is 111 Å². The number of aliphatic hydroxyl groups excluding tert-OH is 2. The molecule has 8 nitrogen and oxygen atoms in total. The first-order chi connectivity index (χ1) is 21.5. The van der Waals surface area contributed by atoms with E-state index in [0.29, 0.717) is 25.2 Å². The Labute approximate surface area is 258 Å². The van der Waals surface area contributed by atoms with E-state index in [2.05, 4.69) is 10.2 Å². The van der Waals surface area contributed by atoms with Gasteiger partial charge in [0.2, 0.25) is 0 Å². The molecule has 5 aromatic rings. The number of hydrogen-bond acceptors (Lipinski definition) is 5. The molecule has 4 aromatic carbocycles. The number of nitrogens with zero attached hydrogens (tertiary/aromatic N) is 3. The zero-order chi connectivity index (χ0) is 31.1. The number of carbonyl (C=O) groups is 1. The van der Waals surface area contributed by atoms with Gasteiger partial charge in [-0.3, -0.25) is 5.10 Å². The molecule has 0 saturated carbocycles. The number of urea groups is 1. The summed E-state index contributed by atoms with van der Waals surface area (Å²) in [4.78, 5) is 18.2. The molecule has 0 aliphatic carbocycles. The van der Waals surface area contributed by atoms with Crippen molar-refractivity contribution in [1.82, 2.24) is 20.0 Å². The van der Waals surface area contributed by atoms with E-state index >= 15 is 0 Å². The van der Waals surface area contributed by atoms with E-state index in [1.807, 2.05) is 123 Å². The molecular weight excluding hydrogens is 550 g/mol. The molecule has 2 amide bonds. The molecule has 0 spiro atoms. The van der Waals surface area contributed by atoms with E-state index in [1.165, 1.54) is 0 Å². The highest BCUT2D eigenvalue weighted by atomic mass is 16.3. The molecule has 4 atom stereocenters. The van der Waals surface area contributed by atoms with Crippen LogP contribution in [-0.2, 0) is 25.9 Å². The van der Waals surface area contributed by atoms with Crippen molar-refractivity contribution in [2.75, 3.05) is 5.73 Å². The van der Waals surface area contributed by atoms with E-state index in [-0.39, 0.29) is 12.6 Å². The summed E-state index contributed by atoms with van der Waals surface area (Å²) in [6.07, 6.45) is -1.57. The molecular formula is C36H41N5O3. The molecule has 1 aliphatic heterocycles. The Balaban J connectivity index is 0.00000188. The third kappa shape index (κ3) is 6.77. The van der Waals surface area contributed by atoms with Gasteiger partial charge in [0.25, 0.3) is 0 Å². The van der Waals surface area contributed by atoms with Crippen LogP contribution in [0, 0.1) is 0 Å². The van der Waals surface area contributed by atoms with E-state index in [4.69, 9.17) is 5.73 Å². The maximum absolute atomic E-state index is 14.7. The lowest BCUT2D eigenvalue weighted by Crippen LogP contribution is -2.50. The van der Waals surface area contributed by atoms with Crippen LogP contribution >= 0.6 is 0 Å². The summed E-state index contributed by atoms with van der Waals surface area (Å²) >= 11 is 0. The monoisotopic (exact) mass is 591 g/mol. The minimum atomic E-state index is -1.19. The van der Waals surface area contributed by atoms with Gasteiger partial charge in [0.1, 0.15) is 12.2 Å². The van der Waals surface area contributed by atoms with E-state index in [9.17, 15) is 15.0 Å². The number of aromatic nitrogens is 2. The van der Waals surface area contributed by atoms with Gasteiger partial charge in [-0.15, -0.1) is 0 Å². The first-order valence-corrected chi connectivity index (χ1v) is 15.3. The van der Waals surface area contributed by atoms with Crippen molar-refractivity contribution in [3.8, 4) is 0 Å². The SMILES string of the molecule is CC.Nc1n[nH]c2ccc(CN3C(=O)N(Cc4ccccc4)[C@H](Cc4ccccc4)[C@H](O)[C@@H](O)[C@H]3Cc3ccccc3)cc12. The van der Waals surface area contributed by atoms with Crippen molar-refractivity contribution in [2.45, 2.75) is 64.1 Å². The summed E-state index contributed by atoms with van der Waals surface area (Å²) in [5, 5.41) is 31.5. The highest BCUT2D eigenvalue weighted by Crippen LogP contribution is 2.30. The smallest absolute Gasteiger partial charge is 0.321 e. The molecule has 2 heterocycles. The average molecular weight is 592 g/mol. The molecule has 44 heavy (non-hydrogen) atoms. The number of nitrogens with one attached hydrogen (secondary N) is 1. The van der Waals surface area contributed by atoms with Crippen LogP contribution in [-0.4, -0.2) is 60.5 Å². The average Bonchev–Trinajstić information content (AvgIpc) is 3.43. The Morgan fingerprint density at radius 1 is 0.682 bits per heavy atom. The van der Waals surface area contributed by atoms with Crippen molar-refractivity contribution in [1.29, 1.82) is 0 Å². The normalized spacial score (nSPS) is 20.2. The number of fused-ring (bicyclic) bond motifs is 1. The number of rotatable bonds is 8. The van der Waals surface area contributed by atoms with Gasteiger partial charge >= 0.3 is 6.03 Å². The van der Waals surface area contributed by atoms with E-state index in [0.717, 1.165) is 33.2 Å². The fourth-order valence-corrected chi connectivity index (χ4v) is 5.97. The second-order valence-corrected chi connectivity index (χ2v) is 11.0. The summed E-state index contributed by atoms with van der Waals surface area (Å²) in [6, 6.07) is 33.5. The molecule has 0 unspecified atom stereocenters. The van der Waals surface area contributed by atoms with Crippen LogP contribution in [0.2, 0.25) is 0 Å². The molecule has 0 bridgehead atoms. The maximum Gasteiger partial charge on any atom is 0.321 e. The van der Waals surface area contributed by atoms with Gasteiger partial charge in [-0.25, -0.2) is 4.79 Å². The van der Waals surface area contributed by atoms with Crippen LogP contribution in [0.1, 0.15) is 36.1 Å². The number of amides is 2. The Morgan fingerprint density at radius 3 is 1.64 bits per heavy atom. The zero-order valence-electron chi connectivity index (χ0n) is 25.3. The largest absolute Gasteiger partial charge is 0.388 e. The Kier molecular flexibility index (Phi) is 9.94. The van der Waals surface area contributed by atoms with Crippen molar-refractivity contribution in [3.05, 3.63) is 131 Å². The molecule has 1 aromatic heterocycles. The van der Waals surface area contributed by atoms with Crippen LogP contribution in [0.3, 0.4) is 0 Å².